The third-order valence-corrected chi connectivity index (χ3v) is 3.59. The molecule has 124 valence electrons. The summed E-state index contributed by atoms with van der Waals surface area (Å²) in [5.41, 5.74) is 4.30. The SMILES string of the molecule is N=C(N)c1ccc2c(=O)n(O)c(-c3ccc(C(F)(F)F)cc3)cn12. The van der Waals surface area contributed by atoms with Crippen LogP contribution in [-0.4, -0.2) is 20.2 Å². The fourth-order valence-corrected chi connectivity index (χ4v) is 2.40. The third-order valence-electron chi connectivity index (χ3n) is 3.59. The molecule has 0 saturated carbocycles. The Labute approximate surface area is 132 Å². The van der Waals surface area contributed by atoms with Gasteiger partial charge in [0.25, 0.3) is 0 Å². The molecule has 2 heterocycles. The van der Waals surface area contributed by atoms with Gasteiger partial charge in [-0.3, -0.25) is 10.2 Å². The van der Waals surface area contributed by atoms with Gasteiger partial charge in [-0.1, -0.05) is 12.1 Å². The molecule has 3 rings (SSSR count). The van der Waals surface area contributed by atoms with E-state index in [9.17, 15) is 23.2 Å². The predicted octanol–water partition coefficient (Wildman–Crippen LogP) is 2.31. The highest BCUT2D eigenvalue weighted by Gasteiger charge is 2.30. The molecular weight excluding hydrogens is 325 g/mol. The first-order valence-electron chi connectivity index (χ1n) is 6.68. The van der Waals surface area contributed by atoms with E-state index in [-0.39, 0.29) is 28.3 Å². The number of amidine groups is 1. The minimum Gasteiger partial charge on any atom is -0.425 e. The molecule has 0 saturated heterocycles. The summed E-state index contributed by atoms with van der Waals surface area (Å²) < 4.78 is 39.5. The largest absolute Gasteiger partial charge is 0.425 e. The van der Waals surface area contributed by atoms with Crippen LogP contribution in [0.1, 0.15) is 11.3 Å². The first-order valence-corrected chi connectivity index (χ1v) is 6.68. The Morgan fingerprint density at radius 1 is 1.12 bits per heavy atom. The third kappa shape index (κ3) is 2.39. The smallest absolute Gasteiger partial charge is 0.416 e. The molecule has 3 aromatic rings. The van der Waals surface area contributed by atoms with Gasteiger partial charge in [0.15, 0.2) is 0 Å². The van der Waals surface area contributed by atoms with Crippen LogP contribution < -0.4 is 11.3 Å². The van der Waals surface area contributed by atoms with Crippen molar-refractivity contribution in [1.29, 1.82) is 5.41 Å². The summed E-state index contributed by atoms with van der Waals surface area (Å²) in [4.78, 5) is 12.2. The van der Waals surface area contributed by atoms with Crippen molar-refractivity contribution in [3.8, 4) is 11.3 Å². The van der Waals surface area contributed by atoms with Gasteiger partial charge < -0.3 is 15.3 Å². The van der Waals surface area contributed by atoms with Crippen LogP contribution in [0.25, 0.3) is 16.8 Å². The normalized spacial score (nSPS) is 11.8. The second-order valence-corrected chi connectivity index (χ2v) is 5.09. The van der Waals surface area contributed by atoms with Gasteiger partial charge in [0.1, 0.15) is 17.0 Å². The Hall–Kier alpha value is -3.23. The van der Waals surface area contributed by atoms with Crippen molar-refractivity contribution in [3.05, 3.63) is 64.2 Å². The number of hydrogen-bond acceptors (Lipinski definition) is 3. The molecule has 9 heteroatoms. The van der Waals surface area contributed by atoms with E-state index in [0.29, 0.717) is 4.73 Å². The van der Waals surface area contributed by atoms with Crippen LogP contribution in [0.2, 0.25) is 0 Å². The molecule has 1 aromatic carbocycles. The number of aromatic nitrogens is 2. The maximum atomic E-state index is 12.6. The van der Waals surface area contributed by atoms with Crippen molar-refractivity contribution in [2.75, 3.05) is 0 Å². The van der Waals surface area contributed by atoms with Crippen molar-refractivity contribution in [2.24, 2.45) is 5.73 Å². The van der Waals surface area contributed by atoms with Crippen LogP contribution in [-0.2, 0) is 6.18 Å². The Balaban J connectivity index is 2.22. The van der Waals surface area contributed by atoms with Crippen LogP contribution in [0.15, 0.2) is 47.4 Å². The van der Waals surface area contributed by atoms with Crippen LogP contribution in [0.5, 0.6) is 0 Å². The minimum atomic E-state index is -4.48. The highest BCUT2D eigenvalue weighted by atomic mass is 19.4. The van der Waals surface area contributed by atoms with E-state index in [1.807, 2.05) is 0 Å². The quantitative estimate of drug-likeness (QED) is 0.381. The van der Waals surface area contributed by atoms with Gasteiger partial charge in [-0.05, 0) is 24.3 Å². The van der Waals surface area contributed by atoms with Crippen LogP contribution in [0.4, 0.5) is 13.2 Å². The number of rotatable bonds is 2. The summed E-state index contributed by atoms with van der Waals surface area (Å²) in [6.07, 6.45) is -3.15. The molecule has 4 N–H and O–H groups in total. The molecule has 0 bridgehead atoms. The van der Waals surface area contributed by atoms with Crippen molar-refractivity contribution in [2.45, 2.75) is 6.18 Å². The number of nitrogens with two attached hydrogens (primary N) is 1. The van der Waals surface area contributed by atoms with E-state index in [1.165, 1.54) is 22.7 Å². The van der Waals surface area contributed by atoms with Gasteiger partial charge in [0.2, 0.25) is 0 Å². The van der Waals surface area contributed by atoms with E-state index in [1.54, 1.807) is 0 Å². The summed E-state index contributed by atoms with van der Waals surface area (Å²) in [5.74, 6) is -0.288. The summed E-state index contributed by atoms with van der Waals surface area (Å²) in [6.45, 7) is 0. The Kier molecular flexibility index (Phi) is 3.36. The summed E-state index contributed by atoms with van der Waals surface area (Å²) in [6, 6.07) is 6.83. The molecular formula is C15H11F3N4O2. The first kappa shape index (κ1) is 15.7. The molecule has 0 atom stereocenters. The number of alkyl halides is 3. The molecule has 0 aliphatic rings. The van der Waals surface area contributed by atoms with E-state index < -0.39 is 17.3 Å². The molecule has 0 amide bonds. The molecule has 0 aliphatic carbocycles. The monoisotopic (exact) mass is 336 g/mol. The number of nitrogens with one attached hydrogen (secondary N) is 1. The average molecular weight is 336 g/mol. The zero-order valence-electron chi connectivity index (χ0n) is 12.0. The number of fused-ring (bicyclic) bond motifs is 1. The minimum absolute atomic E-state index is 0.0278. The lowest BCUT2D eigenvalue weighted by molar-refractivity contribution is -0.137. The van der Waals surface area contributed by atoms with Crippen molar-refractivity contribution < 1.29 is 18.4 Å². The van der Waals surface area contributed by atoms with E-state index in [4.69, 9.17) is 11.1 Å². The predicted molar refractivity (Wildman–Crippen MR) is 80.3 cm³/mol. The fourth-order valence-electron chi connectivity index (χ4n) is 2.40. The van der Waals surface area contributed by atoms with Crippen LogP contribution >= 0.6 is 0 Å². The lowest BCUT2D eigenvalue weighted by Crippen LogP contribution is -2.23. The molecule has 24 heavy (non-hydrogen) atoms. The molecule has 2 aromatic heterocycles. The molecule has 0 aliphatic heterocycles. The van der Waals surface area contributed by atoms with E-state index in [2.05, 4.69) is 0 Å². The lowest BCUT2D eigenvalue weighted by Gasteiger charge is -2.11. The number of nitrogen functional groups attached to an aromatic ring is 1. The fraction of sp³-hybridized carbons (Fsp3) is 0.0667. The average Bonchev–Trinajstić information content (AvgIpc) is 2.94. The summed E-state index contributed by atoms with van der Waals surface area (Å²) >= 11 is 0. The standard InChI is InChI=1S/C15H11F3N4O2/c16-15(17,18)9-3-1-8(2-4-9)12-7-21-10(13(19)20)5-6-11(21)14(23)22(12)24/h1-7,24H,(H3,19,20). The molecule has 0 radical (unpaired) electrons. The number of halogens is 3. The number of hydrogen-bond donors (Lipinski definition) is 3. The Morgan fingerprint density at radius 3 is 2.29 bits per heavy atom. The van der Waals surface area contributed by atoms with E-state index in [0.717, 1.165) is 24.3 Å². The van der Waals surface area contributed by atoms with Gasteiger partial charge in [-0.2, -0.15) is 13.2 Å². The zero-order valence-corrected chi connectivity index (χ0v) is 12.0. The van der Waals surface area contributed by atoms with Crippen molar-refractivity contribution >= 4 is 11.4 Å². The second-order valence-electron chi connectivity index (χ2n) is 5.09. The summed E-state index contributed by atoms with van der Waals surface area (Å²) in [5, 5.41) is 17.5. The van der Waals surface area contributed by atoms with Crippen LogP contribution in [0, 0.1) is 5.41 Å². The van der Waals surface area contributed by atoms with Gasteiger partial charge in [0.05, 0.1) is 11.3 Å². The zero-order chi connectivity index (χ0) is 17.6. The second kappa shape index (κ2) is 5.15. The van der Waals surface area contributed by atoms with Gasteiger partial charge in [-0.15, -0.1) is 4.73 Å². The van der Waals surface area contributed by atoms with Crippen molar-refractivity contribution in [1.82, 2.24) is 9.13 Å². The molecule has 0 unspecified atom stereocenters. The van der Waals surface area contributed by atoms with Gasteiger partial charge >= 0.3 is 11.7 Å². The highest BCUT2D eigenvalue weighted by molar-refractivity contribution is 5.94. The number of benzene rings is 1. The van der Waals surface area contributed by atoms with Gasteiger partial charge in [-0.25, -0.2) is 0 Å². The molecule has 0 spiro atoms. The molecule has 0 fully saturated rings. The maximum absolute atomic E-state index is 12.6. The Morgan fingerprint density at radius 2 is 1.75 bits per heavy atom. The summed E-state index contributed by atoms with van der Waals surface area (Å²) in [7, 11) is 0. The maximum Gasteiger partial charge on any atom is 0.416 e. The van der Waals surface area contributed by atoms with Crippen LogP contribution in [0.3, 0.4) is 0 Å². The Bertz CT molecular complexity index is 1000. The van der Waals surface area contributed by atoms with Crippen molar-refractivity contribution in [3.63, 3.8) is 0 Å². The highest BCUT2D eigenvalue weighted by Crippen LogP contribution is 2.30. The lowest BCUT2D eigenvalue weighted by atomic mass is 10.1. The molecule has 6 nitrogen and oxygen atoms in total. The topological polar surface area (TPSA) is 96.5 Å². The van der Waals surface area contributed by atoms with Gasteiger partial charge in [0, 0.05) is 11.8 Å². The number of nitrogens with zero attached hydrogens (tertiary/aromatic N) is 2. The van der Waals surface area contributed by atoms with E-state index >= 15 is 0 Å². The first-order chi connectivity index (χ1) is 11.2.